The highest BCUT2D eigenvalue weighted by molar-refractivity contribution is 5.92. The van der Waals surface area contributed by atoms with Gasteiger partial charge in [0.05, 0.1) is 5.56 Å². The van der Waals surface area contributed by atoms with E-state index in [0.29, 0.717) is 23.4 Å². The lowest BCUT2D eigenvalue weighted by Gasteiger charge is -2.22. The van der Waals surface area contributed by atoms with E-state index in [2.05, 4.69) is 0 Å². The molecule has 0 saturated heterocycles. The Morgan fingerprint density at radius 1 is 1.00 bits per heavy atom. The quantitative estimate of drug-likeness (QED) is 0.452. The zero-order valence-corrected chi connectivity index (χ0v) is 13.6. The van der Waals surface area contributed by atoms with Crippen molar-refractivity contribution in [1.82, 2.24) is 5.32 Å². The minimum absolute atomic E-state index is 0.361. The fourth-order valence-corrected chi connectivity index (χ4v) is 2.27. The Labute approximate surface area is 150 Å². The Morgan fingerprint density at radius 3 is 2.26 bits per heavy atom. The summed E-state index contributed by atoms with van der Waals surface area (Å²) in [4.78, 5) is 11.9. The number of nitrogens with one attached hydrogen (secondary N) is 1. The molecule has 0 fully saturated rings. The van der Waals surface area contributed by atoms with Crippen LogP contribution in [0.25, 0.3) is 6.08 Å². The number of rotatable bonds is 4. The molecule has 0 bridgehead atoms. The normalized spacial score (nSPS) is 13.6. The molecule has 2 rings (SSSR count). The van der Waals surface area contributed by atoms with Gasteiger partial charge in [0.1, 0.15) is 0 Å². The number of amides is 1. The molecule has 27 heavy (non-hydrogen) atoms. The molecule has 3 nitrogen and oxygen atoms in total. The highest BCUT2D eigenvalue weighted by Gasteiger charge is 2.42. The van der Waals surface area contributed by atoms with Crippen LogP contribution < -0.4 is 11.1 Å². The van der Waals surface area contributed by atoms with Gasteiger partial charge in [0, 0.05) is 11.8 Å². The highest BCUT2D eigenvalue weighted by Crippen LogP contribution is 2.36. The van der Waals surface area contributed by atoms with Crippen LogP contribution in [0.2, 0.25) is 0 Å². The molecule has 144 valence electrons. The number of carbonyl (C=O) groups excluding carboxylic acids is 1. The number of halogens is 6. The number of hydrogen-bond donors (Lipinski definition) is 2. The minimum Gasteiger partial charge on any atom is -0.399 e. The molecular weight excluding hydrogens is 374 g/mol. The molecule has 0 aromatic heterocycles. The van der Waals surface area contributed by atoms with Gasteiger partial charge in [-0.2, -0.15) is 26.3 Å². The van der Waals surface area contributed by atoms with Gasteiger partial charge in [0.2, 0.25) is 5.91 Å². The number of alkyl halides is 6. The van der Waals surface area contributed by atoms with Crippen LogP contribution in [0, 0.1) is 0 Å². The molecule has 0 heterocycles. The zero-order valence-electron chi connectivity index (χ0n) is 13.6. The third kappa shape index (κ3) is 5.77. The van der Waals surface area contributed by atoms with Crippen molar-refractivity contribution in [2.24, 2.45) is 0 Å². The Balaban J connectivity index is 2.24. The largest absolute Gasteiger partial charge is 0.416 e. The van der Waals surface area contributed by atoms with Gasteiger partial charge in [-0.15, -0.1) is 0 Å². The summed E-state index contributed by atoms with van der Waals surface area (Å²) in [5.74, 6) is -1.11. The first-order valence-corrected chi connectivity index (χ1v) is 7.55. The van der Waals surface area contributed by atoms with E-state index in [1.165, 1.54) is 12.1 Å². The van der Waals surface area contributed by atoms with Crippen molar-refractivity contribution in [3.63, 3.8) is 0 Å². The maximum Gasteiger partial charge on any atom is 0.416 e. The van der Waals surface area contributed by atoms with Crippen LogP contribution in [0.3, 0.4) is 0 Å². The van der Waals surface area contributed by atoms with Crippen molar-refractivity contribution >= 4 is 17.7 Å². The van der Waals surface area contributed by atoms with Crippen molar-refractivity contribution in [2.75, 3.05) is 5.73 Å². The highest BCUT2D eigenvalue weighted by atomic mass is 19.4. The first kappa shape index (κ1) is 20.3. The van der Waals surface area contributed by atoms with E-state index in [1.54, 1.807) is 23.5 Å². The lowest BCUT2D eigenvalue weighted by atomic mass is 10.0. The standard InChI is InChI=1S/C18H14F6N2O/c19-17(20,21)13-5-2-4-12(10-13)16(18(22,23)24)26-15(27)8-7-11-3-1-6-14(25)9-11/h1-10,16H,25H2,(H,26,27). The number of nitrogens with two attached hydrogens (primary N) is 1. The lowest BCUT2D eigenvalue weighted by molar-refractivity contribution is -0.162. The van der Waals surface area contributed by atoms with Crippen molar-refractivity contribution < 1.29 is 31.1 Å². The van der Waals surface area contributed by atoms with E-state index < -0.39 is 35.4 Å². The fourth-order valence-electron chi connectivity index (χ4n) is 2.27. The first-order valence-electron chi connectivity index (χ1n) is 7.55. The second-order valence-corrected chi connectivity index (χ2v) is 5.61. The monoisotopic (exact) mass is 388 g/mol. The van der Waals surface area contributed by atoms with Crippen molar-refractivity contribution in [3.8, 4) is 0 Å². The molecule has 0 spiro atoms. The lowest BCUT2D eigenvalue weighted by Crippen LogP contribution is -2.37. The van der Waals surface area contributed by atoms with Gasteiger partial charge in [-0.25, -0.2) is 0 Å². The number of anilines is 1. The second-order valence-electron chi connectivity index (χ2n) is 5.61. The SMILES string of the molecule is Nc1cccc(C=CC(=O)NC(c2cccc(C(F)(F)F)c2)C(F)(F)F)c1. The Morgan fingerprint density at radius 2 is 1.67 bits per heavy atom. The summed E-state index contributed by atoms with van der Waals surface area (Å²) >= 11 is 0. The predicted octanol–water partition coefficient (Wildman–Crippen LogP) is 4.72. The van der Waals surface area contributed by atoms with Crippen LogP contribution >= 0.6 is 0 Å². The predicted molar refractivity (Wildman–Crippen MR) is 88.3 cm³/mol. The van der Waals surface area contributed by atoms with Gasteiger partial charge in [0.15, 0.2) is 6.04 Å². The molecule has 1 amide bonds. The van der Waals surface area contributed by atoms with Gasteiger partial charge < -0.3 is 11.1 Å². The van der Waals surface area contributed by atoms with E-state index in [4.69, 9.17) is 5.73 Å². The van der Waals surface area contributed by atoms with E-state index >= 15 is 0 Å². The van der Waals surface area contributed by atoms with Crippen molar-refractivity contribution in [2.45, 2.75) is 18.4 Å². The molecule has 2 aromatic carbocycles. The van der Waals surface area contributed by atoms with E-state index in [1.807, 2.05) is 0 Å². The molecule has 0 saturated carbocycles. The number of carbonyl (C=O) groups is 1. The average Bonchev–Trinajstić information content (AvgIpc) is 2.56. The summed E-state index contributed by atoms with van der Waals surface area (Å²) in [6.45, 7) is 0. The molecule has 2 aromatic rings. The molecule has 0 aliphatic rings. The average molecular weight is 388 g/mol. The van der Waals surface area contributed by atoms with Gasteiger partial charge in [-0.05, 0) is 41.5 Å². The van der Waals surface area contributed by atoms with Crippen LogP contribution in [0.15, 0.2) is 54.6 Å². The number of nitrogen functional groups attached to an aromatic ring is 1. The Bertz CT molecular complexity index is 842. The molecular formula is C18H14F6N2O. The maximum atomic E-state index is 13.3. The third-order valence-electron chi connectivity index (χ3n) is 3.50. The minimum atomic E-state index is -4.98. The molecule has 1 atom stereocenters. The van der Waals surface area contributed by atoms with Crippen LogP contribution in [-0.2, 0) is 11.0 Å². The molecule has 3 N–H and O–H groups in total. The first-order chi connectivity index (χ1) is 12.5. The van der Waals surface area contributed by atoms with E-state index in [9.17, 15) is 31.1 Å². The molecule has 9 heteroatoms. The van der Waals surface area contributed by atoms with Gasteiger partial charge in [0.25, 0.3) is 0 Å². The van der Waals surface area contributed by atoms with Gasteiger partial charge >= 0.3 is 12.4 Å². The van der Waals surface area contributed by atoms with Gasteiger partial charge in [-0.3, -0.25) is 4.79 Å². The Kier molecular flexibility index (Phi) is 5.82. The summed E-state index contributed by atoms with van der Waals surface area (Å²) in [6.07, 6.45) is -7.69. The molecule has 0 radical (unpaired) electrons. The summed E-state index contributed by atoms with van der Waals surface area (Å²) in [5.41, 5.74) is 4.47. The van der Waals surface area contributed by atoms with Gasteiger partial charge in [-0.1, -0.05) is 24.3 Å². The van der Waals surface area contributed by atoms with Crippen molar-refractivity contribution in [3.05, 3.63) is 71.3 Å². The Hall–Kier alpha value is -2.97. The number of benzene rings is 2. The summed E-state index contributed by atoms with van der Waals surface area (Å²) in [5, 5.41) is 1.69. The molecule has 0 aliphatic carbocycles. The second kappa shape index (κ2) is 7.73. The molecule has 1 unspecified atom stereocenters. The van der Waals surface area contributed by atoms with Crippen LogP contribution in [-0.4, -0.2) is 12.1 Å². The summed E-state index contributed by atoms with van der Waals surface area (Å²) < 4.78 is 78.0. The number of hydrogen-bond acceptors (Lipinski definition) is 2. The van der Waals surface area contributed by atoms with E-state index in [0.717, 1.165) is 18.2 Å². The molecule has 0 aliphatic heterocycles. The maximum absolute atomic E-state index is 13.3. The third-order valence-corrected chi connectivity index (χ3v) is 3.50. The summed E-state index contributed by atoms with van der Waals surface area (Å²) in [7, 11) is 0. The summed E-state index contributed by atoms with van der Waals surface area (Å²) in [6, 6.07) is 6.40. The van der Waals surface area contributed by atoms with Crippen LogP contribution in [0.1, 0.15) is 22.7 Å². The fraction of sp³-hybridized carbons (Fsp3) is 0.167. The topological polar surface area (TPSA) is 55.1 Å². The van der Waals surface area contributed by atoms with E-state index in [-0.39, 0.29) is 0 Å². The van der Waals surface area contributed by atoms with Crippen molar-refractivity contribution in [1.29, 1.82) is 0 Å². The van der Waals surface area contributed by atoms with Crippen LogP contribution in [0.5, 0.6) is 0 Å². The smallest absolute Gasteiger partial charge is 0.399 e. The zero-order chi connectivity index (χ0) is 20.2. The van der Waals surface area contributed by atoms with Crippen LogP contribution in [0.4, 0.5) is 32.0 Å².